The smallest absolute Gasteiger partial charge is 0.238 e. The molecule has 1 rings (SSSR count). The minimum absolute atomic E-state index is 0.0257. The molecule has 0 aliphatic carbocycles. The van der Waals surface area contributed by atoms with Gasteiger partial charge in [-0.15, -0.1) is 0 Å². The van der Waals surface area contributed by atoms with Crippen molar-refractivity contribution in [2.45, 2.75) is 0 Å². The van der Waals surface area contributed by atoms with Gasteiger partial charge in [-0.2, -0.15) is 0 Å². The van der Waals surface area contributed by atoms with Crippen LogP contribution in [-0.2, 0) is 9.53 Å². The van der Waals surface area contributed by atoms with Gasteiger partial charge in [-0.25, -0.2) is 0 Å². The standard InChI is InChI=1S/C11H15BrN2O3/c1-17-6-5-13-7-10(15)14-9-4-2-3-8(12)11(9)16/h2-4,13,16H,5-7H2,1H3,(H,14,15). The van der Waals surface area contributed by atoms with E-state index in [1.807, 2.05) is 0 Å². The van der Waals surface area contributed by atoms with E-state index in [2.05, 4.69) is 26.6 Å². The van der Waals surface area contributed by atoms with Gasteiger partial charge in [0, 0.05) is 13.7 Å². The van der Waals surface area contributed by atoms with Crippen LogP contribution in [0.5, 0.6) is 5.75 Å². The van der Waals surface area contributed by atoms with E-state index in [9.17, 15) is 9.90 Å². The molecule has 0 unspecified atom stereocenters. The number of benzene rings is 1. The average molecular weight is 303 g/mol. The zero-order chi connectivity index (χ0) is 12.7. The summed E-state index contributed by atoms with van der Waals surface area (Å²) < 4.78 is 5.38. The molecule has 1 aromatic rings. The zero-order valence-electron chi connectivity index (χ0n) is 9.50. The summed E-state index contributed by atoms with van der Waals surface area (Å²) in [5.41, 5.74) is 0.387. The normalized spacial score (nSPS) is 10.2. The van der Waals surface area contributed by atoms with Crippen molar-refractivity contribution in [3.63, 3.8) is 0 Å². The predicted molar refractivity (Wildman–Crippen MR) is 69.2 cm³/mol. The molecule has 5 nitrogen and oxygen atoms in total. The van der Waals surface area contributed by atoms with Gasteiger partial charge in [0.2, 0.25) is 5.91 Å². The Hall–Kier alpha value is -1.11. The van der Waals surface area contributed by atoms with Gasteiger partial charge in [0.1, 0.15) is 0 Å². The van der Waals surface area contributed by atoms with Crippen molar-refractivity contribution in [3.05, 3.63) is 22.7 Å². The molecule has 1 aromatic carbocycles. The Morgan fingerprint density at radius 2 is 2.29 bits per heavy atom. The van der Waals surface area contributed by atoms with E-state index in [0.29, 0.717) is 23.3 Å². The van der Waals surface area contributed by atoms with Crippen LogP contribution in [-0.4, -0.2) is 37.8 Å². The molecule has 0 fully saturated rings. The molecule has 94 valence electrons. The Kier molecular flexibility index (Phi) is 5.96. The van der Waals surface area contributed by atoms with Gasteiger partial charge in [0.25, 0.3) is 0 Å². The highest BCUT2D eigenvalue weighted by Crippen LogP contribution is 2.31. The van der Waals surface area contributed by atoms with Gasteiger partial charge < -0.3 is 20.5 Å². The number of amides is 1. The number of ether oxygens (including phenoxy) is 1. The second kappa shape index (κ2) is 7.26. The molecule has 0 saturated heterocycles. The van der Waals surface area contributed by atoms with E-state index in [0.717, 1.165) is 0 Å². The van der Waals surface area contributed by atoms with Gasteiger partial charge in [0.15, 0.2) is 5.75 Å². The van der Waals surface area contributed by atoms with E-state index in [1.165, 1.54) is 0 Å². The van der Waals surface area contributed by atoms with Crippen LogP contribution < -0.4 is 10.6 Å². The summed E-state index contributed by atoms with van der Waals surface area (Å²) in [6.45, 7) is 1.33. The van der Waals surface area contributed by atoms with Crippen molar-refractivity contribution in [1.82, 2.24) is 5.32 Å². The number of hydrogen-bond acceptors (Lipinski definition) is 4. The number of nitrogens with one attached hydrogen (secondary N) is 2. The number of phenolic OH excluding ortho intramolecular Hbond substituents is 1. The Bertz CT molecular complexity index is 385. The van der Waals surface area contributed by atoms with Crippen LogP contribution in [0.15, 0.2) is 22.7 Å². The molecule has 1 amide bonds. The molecular weight excluding hydrogens is 288 g/mol. The highest BCUT2D eigenvalue weighted by molar-refractivity contribution is 9.10. The molecule has 0 atom stereocenters. The Morgan fingerprint density at radius 1 is 1.53 bits per heavy atom. The number of hydrogen-bond donors (Lipinski definition) is 3. The lowest BCUT2D eigenvalue weighted by molar-refractivity contribution is -0.115. The second-order valence-corrected chi connectivity index (χ2v) is 4.21. The number of aromatic hydroxyl groups is 1. The summed E-state index contributed by atoms with van der Waals surface area (Å²) in [6.07, 6.45) is 0. The lowest BCUT2D eigenvalue weighted by Crippen LogP contribution is -2.30. The molecule has 6 heteroatoms. The van der Waals surface area contributed by atoms with Gasteiger partial charge in [0.05, 0.1) is 23.3 Å². The summed E-state index contributed by atoms with van der Waals surface area (Å²) >= 11 is 3.18. The number of anilines is 1. The van der Waals surface area contributed by atoms with Crippen molar-refractivity contribution in [1.29, 1.82) is 0 Å². The second-order valence-electron chi connectivity index (χ2n) is 3.35. The number of methoxy groups -OCH3 is 1. The van der Waals surface area contributed by atoms with Gasteiger partial charge in [-0.3, -0.25) is 4.79 Å². The average Bonchev–Trinajstić information content (AvgIpc) is 2.31. The topological polar surface area (TPSA) is 70.6 Å². The molecule has 17 heavy (non-hydrogen) atoms. The van der Waals surface area contributed by atoms with E-state index in [1.54, 1.807) is 25.3 Å². The first kappa shape index (κ1) is 14.0. The van der Waals surface area contributed by atoms with Gasteiger partial charge >= 0.3 is 0 Å². The van der Waals surface area contributed by atoms with E-state index in [-0.39, 0.29) is 18.2 Å². The molecule has 0 heterocycles. The first-order chi connectivity index (χ1) is 8.15. The maximum atomic E-state index is 11.5. The first-order valence-corrected chi connectivity index (χ1v) is 5.91. The molecule has 0 radical (unpaired) electrons. The predicted octanol–water partition coefficient (Wildman–Crippen LogP) is 1.33. The number of rotatable bonds is 6. The molecule has 0 bridgehead atoms. The molecule has 0 saturated carbocycles. The number of carbonyl (C=O) groups excluding carboxylic acids is 1. The highest BCUT2D eigenvalue weighted by Gasteiger charge is 2.07. The van der Waals surface area contributed by atoms with Gasteiger partial charge in [-0.1, -0.05) is 6.07 Å². The van der Waals surface area contributed by atoms with Crippen LogP contribution in [0.4, 0.5) is 5.69 Å². The molecule has 3 N–H and O–H groups in total. The van der Waals surface area contributed by atoms with E-state index in [4.69, 9.17) is 4.74 Å². The van der Waals surface area contributed by atoms with Crippen molar-refractivity contribution in [2.75, 3.05) is 32.1 Å². The maximum Gasteiger partial charge on any atom is 0.238 e. The number of para-hydroxylation sites is 1. The SMILES string of the molecule is COCCNCC(=O)Nc1cccc(Br)c1O. The van der Waals surface area contributed by atoms with Gasteiger partial charge in [-0.05, 0) is 28.1 Å². The van der Waals surface area contributed by atoms with Crippen LogP contribution in [0, 0.1) is 0 Å². The minimum Gasteiger partial charge on any atom is -0.505 e. The molecule has 0 aliphatic heterocycles. The monoisotopic (exact) mass is 302 g/mol. The fourth-order valence-corrected chi connectivity index (χ4v) is 1.55. The maximum absolute atomic E-state index is 11.5. The van der Waals surface area contributed by atoms with Crippen LogP contribution in [0.1, 0.15) is 0 Å². The number of halogens is 1. The highest BCUT2D eigenvalue weighted by atomic mass is 79.9. The number of phenols is 1. The number of carbonyl (C=O) groups is 1. The van der Waals surface area contributed by atoms with Crippen LogP contribution in [0.25, 0.3) is 0 Å². The largest absolute Gasteiger partial charge is 0.505 e. The third-order valence-corrected chi connectivity index (χ3v) is 2.67. The van der Waals surface area contributed by atoms with Crippen molar-refractivity contribution in [2.24, 2.45) is 0 Å². The molecule has 0 aliphatic rings. The quantitative estimate of drug-likeness (QED) is 0.548. The van der Waals surface area contributed by atoms with E-state index < -0.39 is 0 Å². The van der Waals surface area contributed by atoms with Crippen LogP contribution in [0.3, 0.4) is 0 Å². The fraction of sp³-hybridized carbons (Fsp3) is 0.364. The summed E-state index contributed by atoms with van der Waals surface area (Å²) in [4.78, 5) is 11.5. The lowest BCUT2D eigenvalue weighted by Gasteiger charge is -2.08. The Morgan fingerprint density at radius 3 is 3.00 bits per heavy atom. The lowest BCUT2D eigenvalue weighted by atomic mass is 10.3. The fourth-order valence-electron chi connectivity index (χ4n) is 1.19. The van der Waals surface area contributed by atoms with Crippen molar-refractivity contribution in [3.8, 4) is 5.75 Å². The summed E-state index contributed by atoms with van der Waals surface area (Å²) in [5, 5.41) is 15.2. The molecule has 0 aromatic heterocycles. The summed E-state index contributed by atoms with van der Waals surface area (Å²) in [6, 6.07) is 5.06. The third kappa shape index (κ3) is 4.72. The third-order valence-electron chi connectivity index (χ3n) is 2.03. The zero-order valence-corrected chi connectivity index (χ0v) is 11.1. The summed E-state index contributed by atoms with van der Waals surface area (Å²) in [7, 11) is 1.60. The Labute approximate surface area is 108 Å². The summed E-state index contributed by atoms with van der Waals surface area (Å²) in [5.74, 6) is -0.188. The van der Waals surface area contributed by atoms with Crippen molar-refractivity contribution >= 4 is 27.5 Å². The molecular formula is C11H15BrN2O3. The van der Waals surface area contributed by atoms with Crippen molar-refractivity contribution < 1.29 is 14.6 Å². The first-order valence-electron chi connectivity index (χ1n) is 5.12. The Balaban J connectivity index is 2.43. The van der Waals surface area contributed by atoms with E-state index >= 15 is 0 Å². The minimum atomic E-state index is -0.213. The van der Waals surface area contributed by atoms with Crippen LogP contribution >= 0.6 is 15.9 Å². The molecule has 0 spiro atoms. The van der Waals surface area contributed by atoms with Crippen LogP contribution in [0.2, 0.25) is 0 Å².